The lowest BCUT2D eigenvalue weighted by Crippen LogP contribution is -2.51. The Labute approximate surface area is 119 Å². The first kappa shape index (κ1) is 16.4. The molecule has 1 aromatic carbocycles. The van der Waals surface area contributed by atoms with E-state index in [0.717, 1.165) is 5.69 Å². The standard InChI is InChI=1S/C15H23FN2O2/c1-4-17-15(3,14(19)20)9-10-18(5-2)13-8-6-7-12(16)11-13/h6-8,11,17H,4-5,9-10H2,1-3H3,(H,19,20). The molecule has 4 nitrogen and oxygen atoms in total. The molecule has 20 heavy (non-hydrogen) atoms. The molecule has 1 unspecified atom stereocenters. The fourth-order valence-electron chi connectivity index (χ4n) is 2.16. The molecule has 1 rings (SSSR count). The average Bonchev–Trinajstić information content (AvgIpc) is 2.39. The lowest BCUT2D eigenvalue weighted by atomic mass is 9.97. The minimum absolute atomic E-state index is 0.284. The highest BCUT2D eigenvalue weighted by molar-refractivity contribution is 5.78. The fourth-order valence-corrected chi connectivity index (χ4v) is 2.16. The molecule has 0 aliphatic carbocycles. The fraction of sp³-hybridized carbons (Fsp3) is 0.533. The summed E-state index contributed by atoms with van der Waals surface area (Å²) in [7, 11) is 0. The van der Waals surface area contributed by atoms with Gasteiger partial charge in [-0.3, -0.25) is 4.79 Å². The number of carboxylic acids is 1. The predicted molar refractivity (Wildman–Crippen MR) is 78.6 cm³/mol. The van der Waals surface area contributed by atoms with Crippen LogP contribution in [0.15, 0.2) is 24.3 Å². The minimum atomic E-state index is -0.963. The molecule has 5 heteroatoms. The molecule has 0 spiro atoms. The van der Waals surface area contributed by atoms with Crippen molar-refractivity contribution in [3.63, 3.8) is 0 Å². The van der Waals surface area contributed by atoms with E-state index in [-0.39, 0.29) is 5.82 Å². The summed E-state index contributed by atoms with van der Waals surface area (Å²) >= 11 is 0. The van der Waals surface area contributed by atoms with Gasteiger partial charge in [-0.05, 0) is 45.0 Å². The Balaban J connectivity index is 2.76. The number of likely N-dealkylation sites (N-methyl/N-ethyl adjacent to an activating group) is 1. The molecule has 0 heterocycles. The molecule has 0 aromatic heterocycles. The number of carboxylic acid groups (broad SMARTS) is 1. The largest absolute Gasteiger partial charge is 0.480 e. The van der Waals surface area contributed by atoms with Crippen LogP contribution < -0.4 is 10.2 Å². The topological polar surface area (TPSA) is 52.6 Å². The highest BCUT2D eigenvalue weighted by Gasteiger charge is 2.32. The molecule has 2 N–H and O–H groups in total. The predicted octanol–water partition coefficient (Wildman–Crippen LogP) is 2.49. The minimum Gasteiger partial charge on any atom is -0.480 e. The number of rotatable bonds is 8. The maximum atomic E-state index is 13.3. The maximum absolute atomic E-state index is 13.3. The summed E-state index contributed by atoms with van der Waals surface area (Å²) in [4.78, 5) is 13.3. The van der Waals surface area contributed by atoms with Crippen molar-refractivity contribution in [1.29, 1.82) is 0 Å². The summed E-state index contributed by atoms with van der Waals surface area (Å²) in [6, 6.07) is 6.36. The van der Waals surface area contributed by atoms with Gasteiger partial charge in [-0.25, -0.2) is 4.39 Å². The number of carbonyl (C=O) groups is 1. The Morgan fingerprint density at radius 1 is 1.45 bits per heavy atom. The molecule has 0 fully saturated rings. The Morgan fingerprint density at radius 3 is 2.65 bits per heavy atom. The Kier molecular flexibility index (Phi) is 5.95. The quantitative estimate of drug-likeness (QED) is 0.769. The molecule has 0 aliphatic rings. The maximum Gasteiger partial charge on any atom is 0.323 e. The van der Waals surface area contributed by atoms with Crippen molar-refractivity contribution < 1.29 is 14.3 Å². The van der Waals surface area contributed by atoms with Crippen LogP contribution in [0.1, 0.15) is 27.2 Å². The molecule has 1 aromatic rings. The Hall–Kier alpha value is -1.62. The van der Waals surface area contributed by atoms with Gasteiger partial charge < -0.3 is 15.3 Å². The Bertz CT molecular complexity index is 453. The van der Waals surface area contributed by atoms with Crippen molar-refractivity contribution in [3.8, 4) is 0 Å². The van der Waals surface area contributed by atoms with Crippen LogP contribution in [0.5, 0.6) is 0 Å². The van der Waals surface area contributed by atoms with Crippen LogP contribution in [0, 0.1) is 5.82 Å². The van der Waals surface area contributed by atoms with Crippen LogP contribution in [0.25, 0.3) is 0 Å². The highest BCUT2D eigenvalue weighted by atomic mass is 19.1. The van der Waals surface area contributed by atoms with Crippen molar-refractivity contribution in [1.82, 2.24) is 5.32 Å². The molecule has 0 saturated carbocycles. The molecule has 0 radical (unpaired) electrons. The van der Waals surface area contributed by atoms with Crippen molar-refractivity contribution in [2.75, 3.05) is 24.5 Å². The monoisotopic (exact) mass is 282 g/mol. The number of nitrogens with one attached hydrogen (secondary N) is 1. The number of aliphatic carboxylic acids is 1. The summed E-state index contributed by atoms with van der Waals surface area (Å²) in [6.07, 6.45) is 0.445. The SMILES string of the molecule is CCNC(C)(CCN(CC)c1cccc(F)c1)C(=O)O. The lowest BCUT2D eigenvalue weighted by Gasteiger charge is -2.30. The molecular weight excluding hydrogens is 259 g/mol. The van der Waals surface area contributed by atoms with E-state index in [1.54, 1.807) is 13.0 Å². The van der Waals surface area contributed by atoms with Crippen molar-refractivity contribution in [2.45, 2.75) is 32.7 Å². The second-order valence-corrected chi connectivity index (χ2v) is 4.98. The number of hydrogen-bond acceptors (Lipinski definition) is 3. The zero-order valence-corrected chi connectivity index (χ0v) is 12.3. The van der Waals surface area contributed by atoms with E-state index in [1.807, 2.05) is 24.8 Å². The zero-order chi connectivity index (χ0) is 15.2. The molecule has 0 amide bonds. The van der Waals surface area contributed by atoms with E-state index in [0.29, 0.717) is 26.1 Å². The molecule has 112 valence electrons. The lowest BCUT2D eigenvalue weighted by molar-refractivity contribution is -0.144. The third-order valence-electron chi connectivity index (χ3n) is 3.48. The van der Waals surface area contributed by atoms with Crippen molar-refractivity contribution in [2.24, 2.45) is 0 Å². The third kappa shape index (κ3) is 4.20. The number of benzene rings is 1. The van der Waals surface area contributed by atoms with Gasteiger partial charge in [0.1, 0.15) is 11.4 Å². The van der Waals surface area contributed by atoms with E-state index in [2.05, 4.69) is 5.32 Å². The summed E-state index contributed by atoms with van der Waals surface area (Å²) in [5.41, 5.74) is -0.188. The highest BCUT2D eigenvalue weighted by Crippen LogP contribution is 2.18. The van der Waals surface area contributed by atoms with E-state index < -0.39 is 11.5 Å². The Morgan fingerprint density at radius 2 is 2.15 bits per heavy atom. The number of nitrogens with zero attached hydrogens (tertiary/aromatic N) is 1. The average molecular weight is 282 g/mol. The van der Waals surface area contributed by atoms with E-state index in [4.69, 9.17) is 0 Å². The van der Waals surface area contributed by atoms with Gasteiger partial charge in [-0.2, -0.15) is 0 Å². The van der Waals surface area contributed by atoms with Gasteiger partial charge in [0.25, 0.3) is 0 Å². The van der Waals surface area contributed by atoms with Crippen LogP contribution >= 0.6 is 0 Å². The van der Waals surface area contributed by atoms with Gasteiger partial charge in [-0.15, -0.1) is 0 Å². The third-order valence-corrected chi connectivity index (χ3v) is 3.48. The van der Waals surface area contributed by atoms with Gasteiger partial charge in [0.15, 0.2) is 0 Å². The van der Waals surface area contributed by atoms with Crippen molar-refractivity contribution >= 4 is 11.7 Å². The molecule has 1 atom stereocenters. The first-order chi connectivity index (χ1) is 9.42. The second kappa shape index (κ2) is 7.24. The van der Waals surface area contributed by atoms with Gasteiger partial charge in [0.05, 0.1) is 0 Å². The summed E-state index contributed by atoms with van der Waals surface area (Å²) in [5, 5.41) is 12.3. The summed E-state index contributed by atoms with van der Waals surface area (Å²) < 4.78 is 13.3. The van der Waals surface area contributed by atoms with Crippen LogP contribution in [-0.2, 0) is 4.79 Å². The first-order valence-corrected chi connectivity index (χ1v) is 6.92. The van der Waals surface area contributed by atoms with Crippen LogP contribution in [0.3, 0.4) is 0 Å². The van der Waals surface area contributed by atoms with E-state index >= 15 is 0 Å². The number of hydrogen-bond donors (Lipinski definition) is 2. The molecular formula is C15H23FN2O2. The van der Waals surface area contributed by atoms with Crippen molar-refractivity contribution in [3.05, 3.63) is 30.1 Å². The van der Waals surface area contributed by atoms with E-state index in [1.165, 1.54) is 12.1 Å². The number of anilines is 1. The molecule has 0 saturated heterocycles. The van der Waals surface area contributed by atoms with Crippen LogP contribution in [0.4, 0.5) is 10.1 Å². The smallest absolute Gasteiger partial charge is 0.323 e. The van der Waals surface area contributed by atoms with Gasteiger partial charge in [-0.1, -0.05) is 13.0 Å². The first-order valence-electron chi connectivity index (χ1n) is 6.92. The molecule has 0 bridgehead atoms. The van der Waals surface area contributed by atoms with Gasteiger partial charge in [0.2, 0.25) is 0 Å². The van der Waals surface area contributed by atoms with E-state index in [9.17, 15) is 14.3 Å². The zero-order valence-electron chi connectivity index (χ0n) is 12.3. The summed E-state index contributed by atoms with van der Waals surface area (Å²) in [6.45, 7) is 7.37. The molecule has 0 aliphatic heterocycles. The summed E-state index contributed by atoms with van der Waals surface area (Å²) in [5.74, 6) is -1.15. The van der Waals surface area contributed by atoms with Gasteiger partial charge in [0, 0.05) is 18.8 Å². The van der Waals surface area contributed by atoms with Crippen LogP contribution in [0.2, 0.25) is 0 Å². The van der Waals surface area contributed by atoms with Gasteiger partial charge >= 0.3 is 5.97 Å². The second-order valence-electron chi connectivity index (χ2n) is 4.98. The normalized spacial score (nSPS) is 13.8. The number of halogens is 1. The van der Waals surface area contributed by atoms with Crippen LogP contribution in [-0.4, -0.2) is 36.2 Å².